The van der Waals surface area contributed by atoms with Gasteiger partial charge in [0.25, 0.3) is 0 Å². The number of benzene rings is 1. The molecule has 1 aromatic carbocycles. The van der Waals surface area contributed by atoms with E-state index in [0.717, 1.165) is 18.6 Å². The van der Waals surface area contributed by atoms with Crippen molar-refractivity contribution in [2.45, 2.75) is 25.4 Å². The van der Waals surface area contributed by atoms with Gasteiger partial charge in [-0.25, -0.2) is 8.78 Å². The molecule has 2 rings (SSSR count). The van der Waals surface area contributed by atoms with Crippen molar-refractivity contribution >= 4 is 5.91 Å². The first-order valence-electron chi connectivity index (χ1n) is 5.96. The molecule has 1 saturated heterocycles. The standard InChI is InChI=1S/C13H15F2NO2/c14-11-4-3-9(6-12(11)15)7-13(18)16-5-1-2-10(17)8-16/h3-4,6,10,17H,1-2,5,7-8H2. The van der Waals surface area contributed by atoms with Gasteiger partial charge in [0.15, 0.2) is 11.6 Å². The van der Waals surface area contributed by atoms with Gasteiger partial charge in [0.1, 0.15) is 0 Å². The normalized spacial score (nSPS) is 19.9. The summed E-state index contributed by atoms with van der Waals surface area (Å²) in [6.45, 7) is 0.933. The van der Waals surface area contributed by atoms with Gasteiger partial charge >= 0.3 is 0 Å². The van der Waals surface area contributed by atoms with Crippen molar-refractivity contribution in [1.29, 1.82) is 0 Å². The number of aliphatic hydroxyl groups excluding tert-OH is 1. The van der Waals surface area contributed by atoms with Crippen LogP contribution < -0.4 is 0 Å². The van der Waals surface area contributed by atoms with Crippen molar-refractivity contribution in [3.8, 4) is 0 Å². The molecule has 1 aliphatic rings. The minimum Gasteiger partial charge on any atom is -0.391 e. The average Bonchev–Trinajstić information content (AvgIpc) is 2.34. The molecule has 1 fully saturated rings. The Morgan fingerprint density at radius 2 is 2.17 bits per heavy atom. The fourth-order valence-electron chi connectivity index (χ4n) is 2.12. The number of carbonyl (C=O) groups excluding carboxylic acids is 1. The summed E-state index contributed by atoms with van der Waals surface area (Å²) in [5, 5.41) is 9.47. The number of piperidine rings is 1. The highest BCUT2D eigenvalue weighted by molar-refractivity contribution is 5.78. The maximum atomic E-state index is 13.0. The Morgan fingerprint density at radius 1 is 1.39 bits per heavy atom. The zero-order valence-corrected chi connectivity index (χ0v) is 9.90. The lowest BCUT2D eigenvalue weighted by atomic mass is 10.1. The third-order valence-electron chi connectivity index (χ3n) is 3.09. The van der Waals surface area contributed by atoms with Gasteiger partial charge in [0.2, 0.25) is 5.91 Å². The van der Waals surface area contributed by atoms with Gasteiger partial charge < -0.3 is 10.0 Å². The van der Waals surface area contributed by atoms with Crippen molar-refractivity contribution in [1.82, 2.24) is 4.90 Å². The van der Waals surface area contributed by atoms with Gasteiger partial charge in [-0.3, -0.25) is 4.79 Å². The van der Waals surface area contributed by atoms with E-state index < -0.39 is 17.7 Å². The van der Waals surface area contributed by atoms with Crippen LogP contribution in [-0.2, 0) is 11.2 Å². The van der Waals surface area contributed by atoms with Crippen LogP contribution in [0.1, 0.15) is 18.4 Å². The summed E-state index contributed by atoms with van der Waals surface area (Å²) < 4.78 is 25.7. The molecule has 0 bridgehead atoms. The molecule has 0 aromatic heterocycles. The van der Waals surface area contributed by atoms with Gasteiger partial charge in [0.05, 0.1) is 12.5 Å². The second kappa shape index (κ2) is 5.44. The van der Waals surface area contributed by atoms with Crippen LogP contribution in [0.15, 0.2) is 18.2 Å². The Hall–Kier alpha value is -1.49. The van der Waals surface area contributed by atoms with Crippen molar-refractivity contribution in [2.75, 3.05) is 13.1 Å². The molecule has 98 valence electrons. The number of hydrogen-bond donors (Lipinski definition) is 1. The molecule has 3 nitrogen and oxygen atoms in total. The molecule has 1 heterocycles. The first kappa shape index (κ1) is 13.0. The number of amides is 1. The number of β-amino-alcohol motifs (C(OH)–C–C–N with tert-alkyl or cyclic N) is 1. The van der Waals surface area contributed by atoms with Gasteiger partial charge in [-0.15, -0.1) is 0 Å². The Morgan fingerprint density at radius 3 is 2.83 bits per heavy atom. The summed E-state index contributed by atoms with van der Waals surface area (Å²) in [4.78, 5) is 13.5. The quantitative estimate of drug-likeness (QED) is 0.869. The minimum absolute atomic E-state index is 0.0317. The van der Waals surface area contributed by atoms with Crippen molar-refractivity contribution in [3.05, 3.63) is 35.4 Å². The Balaban J connectivity index is 2.00. The Labute approximate surface area is 104 Å². The highest BCUT2D eigenvalue weighted by atomic mass is 19.2. The lowest BCUT2D eigenvalue weighted by molar-refractivity contribution is -0.133. The van der Waals surface area contributed by atoms with Crippen molar-refractivity contribution < 1.29 is 18.7 Å². The number of likely N-dealkylation sites (tertiary alicyclic amines) is 1. The lowest BCUT2D eigenvalue weighted by Gasteiger charge is -2.30. The predicted molar refractivity (Wildman–Crippen MR) is 61.9 cm³/mol. The highest BCUT2D eigenvalue weighted by Gasteiger charge is 2.22. The summed E-state index contributed by atoms with van der Waals surface area (Å²) in [6.07, 6.45) is 1.02. The third-order valence-corrected chi connectivity index (χ3v) is 3.09. The maximum Gasteiger partial charge on any atom is 0.227 e. The summed E-state index contributed by atoms with van der Waals surface area (Å²) in [5.41, 5.74) is 0.443. The monoisotopic (exact) mass is 255 g/mol. The van der Waals surface area contributed by atoms with Gasteiger partial charge in [-0.1, -0.05) is 6.07 Å². The van der Waals surface area contributed by atoms with Crippen LogP contribution in [0.2, 0.25) is 0 Å². The number of hydrogen-bond acceptors (Lipinski definition) is 2. The van der Waals surface area contributed by atoms with Crippen molar-refractivity contribution in [2.24, 2.45) is 0 Å². The van der Waals surface area contributed by atoms with E-state index in [1.165, 1.54) is 6.07 Å². The molecule has 0 aliphatic carbocycles. The Kier molecular flexibility index (Phi) is 3.91. The molecule has 5 heteroatoms. The van der Waals surface area contributed by atoms with Gasteiger partial charge in [-0.2, -0.15) is 0 Å². The first-order chi connectivity index (χ1) is 8.56. The number of rotatable bonds is 2. The average molecular weight is 255 g/mol. The van der Waals surface area contributed by atoms with Crippen LogP contribution in [0.4, 0.5) is 8.78 Å². The van der Waals surface area contributed by atoms with Gasteiger partial charge in [0, 0.05) is 13.1 Å². The molecule has 0 radical (unpaired) electrons. The smallest absolute Gasteiger partial charge is 0.227 e. The molecule has 1 aliphatic heterocycles. The number of nitrogens with zero attached hydrogens (tertiary/aromatic N) is 1. The summed E-state index contributed by atoms with van der Waals surface area (Å²) in [6, 6.07) is 3.45. The second-order valence-corrected chi connectivity index (χ2v) is 4.56. The van der Waals surface area contributed by atoms with E-state index in [1.807, 2.05) is 0 Å². The molecule has 1 N–H and O–H groups in total. The molecular formula is C13H15F2NO2. The van der Waals surface area contributed by atoms with E-state index in [4.69, 9.17) is 0 Å². The van der Waals surface area contributed by atoms with E-state index in [2.05, 4.69) is 0 Å². The molecule has 1 atom stereocenters. The number of aliphatic hydroxyl groups is 1. The van der Waals surface area contributed by atoms with E-state index in [0.29, 0.717) is 25.1 Å². The molecule has 0 spiro atoms. The molecule has 18 heavy (non-hydrogen) atoms. The number of halogens is 2. The zero-order valence-electron chi connectivity index (χ0n) is 9.90. The molecule has 1 unspecified atom stereocenters. The van der Waals surface area contributed by atoms with Crippen LogP contribution in [0.5, 0.6) is 0 Å². The molecule has 1 aromatic rings. The molecule has 1 amide bonds. The number of carbonyl (C=O) groups is 1. The van der Waals surface area contributed by atoms with Crippen LogP contribution in [0.25, 0.3) is 0 Å². The van der Waals surface area contributed by atoms with Gasteiger partial charge in [-0.05, 0) is 30.5 Å². The topological polar surface area (TPSA) is 40.5 Å². The summed E-state index contributed by atoms with van der Waals surface area (Å²) >= 11 is 0. The van der Waals surface area contributed by atoms with Crippen LogP contribution >= 0.6 is 0 Å². The predicted octanol–water partition coefficient (Wildman–Crippen LogP) is 1.49. The van der Waals surface area contributed by atoms with E-state index in [1.54, 1.807) is 4.90 Å². The molecular weight excluding hydrogens is 240 g/mol. The first-order valence-corrected chi connectivity index (χ1v) is 5.96. The third kappa shape index (κ3) is 3.04. The summed E-state index contributed by atoms with van der Waals surface area (Å²) in [5.74, 6) is -2.03. The fourth-order valence-corrected chi connectivity index (χ4v) is 2.12. The highest BCUT2D eigenvalue weighted by Crippen LogP contribution is 2.14. The maximum absolute atomic E-state index is 13.0. The second-order valence-electron chi connectivity index (χ2n) is 4.56. The van der Waals surface area contributed by atoms with Crippen LogP contribution in [0.3, 0.4) is 0 Å². The van der Waals surface area contributed by atoms with Crippen molar-refractivity contribution in [3.63, 3.8) is 0 Å². The largest absolute Gasteiger partial charge is 0.391 e. The van der Waals surface area contributed by atoms with Crippen LogP contribution in [-0.4, -0.2) is 35.1 Å². The lowest BCUT2D eigenvalue weighted by Crippen LogP contribution is -2.42. The SMILES string of the molecule is O=C(Cc1ccc(F)c(F)c1)N1CCCC(O)C1. The van der Waals surface area contributed by atoms with E-state index in [9.17, 15) is 18.7 Å². The molecule has 0 saturated carbocycles. The minimum atomic E-state index is -0.945. The Bertz CT molecular complexity index is 451. The van der Waals surface area contributed by atoms with E-state index >= 15 is 0 Å². The fraction of sp³-hybridized carbons (Fsp3) is 0.462. The van der Waals surface area contributed by atoms with Crippen LogP contribution in [0, 0.1) is 11.6 Å². The van der Waals surface area contributed by atoms with E-state index in [-0.39, 0.29) is 12.3 Å². The summed E-state index contributed by atoms with van der Waals surface area (Å²) in [7, 11) is 0. The zero-order chi connectivity index (χ0) is 13.1.